The van der Waals surface area contributed by atoms with Gasteiger partial charge in [-0.15, -0.1) is 0 Å². The molecule has 1 heterocycles. The summed E-state index contributed by atoms with van der Waals surface area (Å²) in [7, 11) is 1.59. The zero-order chi connectivity index (χ0) is 8.10. The van der Waals surface area contributed by atoms with E-state index in [9.17, 15) is 4.79 Å². The van der Waals surface area contributed by atoms with Crippen molar-refractivity contribution in [3.63, 3.8) is 0 Å². The molecule has 3 nitrogen and oxygen atoms in total. The van der Waals surface area contributed by atoms with Crippen LogP contribution >= 0.6 is 0 Å². The Morgan fingerprint density at radius 2 is 2.45 bits per heavy atom. The summed E-state index contributed by atoms with van der Waals surface area (Å²) < 4.78 is 0. The molecule has 0 aliphatic carbocycles. The number of pyridine rings is 1. The summed E-state index contributed by atoms with van der Waals surface area (Å²) in [6, 6.07) is 5.41. The first-order chi connectivity index (χ1) is 5.33. The maximum atomic E-state index is 10.8. The Balaban J connectivity index is 2.58. The van der Waals surface area contributed by atoms with Gasteiger partial charge in [0.05, 0.1) is 12.1 Å². The topological polar surface area (TPSA) is 42.0 Å². The van der Waals surface area contributed by atoms with E-state index in [1.807, 2.05) is 6.07 Å². The highest BCUT2D eigenvalue weighted by atomic mass is 16.1. The number of rotatable bonds is 2. The number of nitrogens with one attached hydrogen (secondary N) is 1. The minimum Gasteiger partial charge on any atom is -0.359 e. The van der Waals surface area contributed by atoms with Gasteiger partial charge in [-0.3, -0.25) is 9.78 Å². The van der Waals surface area contributed by atoms with Gasteiger partial charge in [-0.1, -0.05) is 6.07 Å². The Bertz CT molecular complexity index is 233. The number of aromatic nitrogens is 1. The third-order valence-corrected chi connectivity index (χ3v) is 1.21. The van der Waals surface area contributed by atoms with Gasteiger partial charge in [0.1, 0.15) is 0 Å². The summed E-state index contributed by atoms with van der Waals surface area (Å²) in [5, 5.41) is 2.48. The molecule has 0 fully saturated rings. The van der Waals surface area contributed by atoms with Crippen molar-refractivity contribution in [1.82, 2.24) is 10.3 Å². The van der Waals surface area contributed by atoms with Crippen LogP contribution in [0.5, 0.6) is 0 Å². The summed E-state index contributed by atoms with van der Waals surface area (Å²) in [4.78, 5) is 14.7. The fourth-order valence-corrected chi connectivity index (χ4v) is 0.668. The molecule has 0 aliphatic rings. The summed E-state index contributed by atoms with van der Waals surface area (Å²) in [5.41, 5.74) is 0.673. The standard InChI is InChI=1S/C8H9N2O/c1-9-8(11)6-7-4-2-3-5-10-7/h2-6H,1H3,(H,9,11). The van der Waals surface area contributed by atoms with E-state index in [1.54, 1.807) is 25.4 Å². The van der Waals surface area contributed by atoms with Crippen molar-refractivity contribution < 1.29 is 4.79 Å². The van der Waals surface area contributed by atoms with Crippen LogP contribution in [0.15, 0.2) is 24.4 Å². The van der Waals surface area contributed by atoms with Crippen molar-refractivity contribution in [2.75, 3.05) is 7.05 Å². The summed E-state index contributed by atoms with van der Waals surface area (Å²) in [5.74, 6) is -0.135. The number of carbonyl (C=O) groups is 1. The minimum absolute atomic E-state index is 0.135. The second-order valence-corrected chi connectivity index (χ2v) is 2.01. The van der Waals surface area contributed by atoms with Crippen LogP contribution in [0.2, 0.25) is 0 Å². The molecule has 1 radical (unpaired) electrons. The van der Waals surface area contributed by atoms with Crippen LogP contribution in [0, 0.1) is 6.42 Å². The molecule has 1 N–H and O–H groups in total. The molecule has 0 aromatic carbocycles. The Morgan fingerprint density at radius 3 is 3.00 bits per heavy atom. The molecule has 0 aliphatic heterocycles. The summed E-state index contributed by atoms with van der Waals surface area (Å²) in [6.07, 6.45) is 3.09. The average molecular weight is 149 g/mol. The van der Waals surface area contributed by atoms with Gasteiger partial charge in [0.25, 0.3) is 0 Å². The molecule has 1 amide bonds. The van der Waals surface area contributed by atoms with Crippen LogP contribution < -0.4 is 5.32 Å². The van der Waals surface area contributed by atoms with E-state index in [0.29, 0.717) is 5.69 Å². The SMILES string of the molecule is CNC(=O)[CH]c1ccccn1. The highest BCUT2D eigenvalue weighted by Gasteiger charge is 2.00. The first kappa shape index (κ1) is 7.72. The van der Waals surface area contributed by atoms with Gasteiger partial charge in [0.15, 0.2) is 0 Å². The first-order valence-electron chi connectivity index (χ1n) is 3.30. The molecule has 3 heteroatoms. The van der Waals surface area contributed by atoms with E-state index < -0.39 is 0 Å². The lowest BCUT2D eigenvalue weighted by molar-refractivity contribution is -0.117. The van der Waals surface area contributed by atoms with Crippen molar-refractivity contribution in [2.45, 2.75) is 0 Å². The van der Waals surface area contributed by atoms with Gasteiger partial charge in [0, 0.05) is 13.2 Å². The van der Waals surface area contributed by atoms with E-state index >= 15 is 0 Å². The smallest absolute Gasteiger partial charge is 0.230 e. The molecule has 0 saturated carbocycles. The van der Waals surface area contributed by atoms with Crippen molar-refractivity contribution in [1.29, 1.82) is 0 Å². The molecule has 0 unspecified atom stereocenters. The second-order valence-electron chi connectivity index (χ2n) is 2.01. The van der Waals surface area contributed by atoms with Gasteiger partial charge in [0.2, 0.25) is 5.91 Å². The predicted octanol–water partition coefficient (Wildman–Crippen LogP) is 0.380. The number of likely N-dealkylation sites (N-methyl/N-ethyl adjacent to an activating group) is 1. The van der Waals surface area contributed by atoms with Gasteiger partial charge >= 0.3 is 0 Å². The van der Waals surface area contributed by atoms with Crippen LogP contribution in [0.3, 0.4) is 0 Å². The average Bonchev–Trinajstić information content (AvgIpc) is 2.06. The summed E-state index contributed by atoms with van der Waals surface area (Å²) in [6.45, 7) is 0. The minimum atomic E-state index is -0.135. The molecular formula is C8H9N2O. The number of nitrogens with zero attached hydrogens (tertiary/aromatic N) is 1. The van der Waals surface area contributed by atoms with E-state index in [2.05, 4.69) is 10.3 Å². The number of hydrogen-bond acceptors (Lipinski definition) is 2. The van der Waals surface area contributed by atoms with Crippen molar-refractivity contribution in [2.24, 2.45) is 0 Å². The largest absolute Gasteiger partial charge is 0.359 e. The molecule has 0 saturated heterocycles. The van der Waals surface area contributed by atoms with Gasteiger partial charge in [-0.2, -0.15) is 0 Å². The van der Waals surface area contributed by atoms with Crippen molar-refractivity contribution in [3.8, 4) is 0 Å². The number of hydrogen-bond donors (Lipinski definition) is 1. The molecule has 57 valence electrons. The third-order valence-electron chi connectivity index (χ3n) is 1.21. The van der Waals surface area contributed by atoms with E-state index in [0.717, 1.165) is 0 Å². The zero-order valence-electron chi connectivity index (χ0n) is 6.24. The Morgan fingerprint density at radius 1 is 1.64 bits per heavy atom. The molecule has 1 aromatic heterocycles. The monoisotopic (exact) mass is 149 g/mol. The lowest BCUT2D eigenvalue weighted by Crippen LogP contribution is -2.18. The quantitative estimate of drug-likeness (QED) is 0.660. The van der Waals surface area contributed by atoms with Gasteiger partial charge in [-0.25, -0.2) is 0 Å². The van der Waals surface area contributed by atoms with E-state index in [-0.39, 0.29) is 5.91 Å². The maximum Gasteiger partial charge on any atom is 0.230 e. The first-order valence-corrected chi connectivity index (χ1v) is 3.30. The predicted molar refractivity (Wildman–Crippen MR) is 41.7 cm³/mol. The number of amides is 1. The van der Waals surface area contributed by atoms with E-state index in [4.69, 9.17) is 0 Å². The zero-order valence-corrected chi connectivity index (χ0v) is 6.24. The molecular weight excluding hydrogens is 140 g/mol. The normalized spacial score (nSPS) is 9.18. The van der Waals surface area contributed by atoms with Crippen molar-refractivity contribution in [3.05, 3.63) is 36.5 Å². The summed E-state index contributed by atoms with van der Waals surface area (Å²) >= 11 is 0. The highest BCUT2D eigenvalue weighted by Crippen LogP contribution is 1.95. The Kier molecular flexibility index (Phi) is 2.60. The fourth-order valence-electron chi connectivity index (χ4n) is 0.668. The molecule has 0 bridgehead atoms. The van der Waals surface area contributed by atoms with Crippen molar-refractivity contribution >= 4 is 5.91 Å². The van der Waals surface area contributed by atoms with Crippen LogP contribution in [0.25, 0.3) is 0 Å². The molecule has 11 heavy (non-hydrogen) atoms. The third kappa shape index (κ3) is 2.37. The lowest BCUT2D eigenvalue weighted by atomic mass is 10.2. The molecule has 0 spiro atoms. The fraction of sp³-hybridized carbons (Fsp3) is 0.125. The molecule has 1 aromatic rings. The maximum absolute atomic E-state index is 10.8. The second kappa shape index (κ2) is 3.71. The Labute approximate surface area is 65.5 Å². The van der Waals surface area contributed by atoms with Gasteiger partial charge in [-0.05, 0) is 12.1 Å². The van der Waals surface area contributed by atoms with E-state index in [1.165, 1.54) is 6.42 Å². The Hall–Kier alpha value is -1.38. The highest BCUT2D eigenvalue weighted by molar-refractivity contribution is 5.87. The number of carbonyl (C=O) groups excluding carboxylic acids is 1. The van der Waals surface area contributed by atoms with Crippen LogP contribution in [-0.4, -0.2) is 17.9 Å². The molecule has 0 atom stereocenters. The van der Waals surface area contributed by atoms with Crippen LogP contribution in [0.4, 0.5) is 0 Å². The van der Waals surface area contributed by atoms with Crippen LogP contribution in [0.1, 0.15) is 5.69 Å². The van der Waals surface area contributed by atoms with Gasteiger partial charge < -0.3 is 5.32 Å². The molecule has 1 rings (SSSR count). The lowest BCUT2D eigenvalue weighted by Gasteiger charge is -1.96. The van der Waals surface area contributed by atoms with Crippen LogP contribution in [-0.2, 0) is 4.79 Å².